The van der Waals surface area contributed by atoms with Crippen LogP contribution in [0.4, 0.5) is 10.6 Å². The number of nitriles is 1. The predicted octanol–water partition coefficient (Wildman–Crippen LogP) is 4.85. The fourth-order valence-electron chi connectivity index (χ4n) is 4.65. The van der Waals surface area contributed by atoms with Gasteiger partial charge in [-0.25, -0.2) is 19.7 Å². The van der Waals surface area contributed by atoms with Crippen molar-refractivity contribution in [2.45, 2.75) is 39.3 Å². The summed E-state index contributed by atoms with van der Waals surface area (Å²) in [6.07, 6.45) is 6.14. The number of benzene rings is 1. The molecule has 0 aliphatic carbocycles. The molecular weight excluding hydrogens is 504 g/mol. The molecule has 10 nitrogen and oxygen atoms in total. The van der Waals surface area contributed by atoms with Crippen LogP contribution < -0.4 is 4.90 Å². The third-order valence-electron chi connectivity index (χ3n) is 6.26. The maximum atomic E-state index is 12.7. The Morgan fingerprint density at radius 1 is 1.16 bits per heavy atom. The van der Waals surface area contributed by atoms with Gasteiger partial charge in [-0.1, -0.05) is 17.7 Å². The first-order valence-corrected chi connectivity index (χ1v) is 12.6. The summed E-state index contributed by atoms with van der Waals surface area (Å²) in [5.74, 6) is 0.691. The molecule has 0 radical (unpaired) electrons. The van der Waals surface area contributed by atoms with Gasteiger partial charge in [0, 0.05) is 60.5 Å². The number of piperazine rings is 1. The molecule has 1 atom stereocenters. The van der Waals surface area contributed by atoms with Gasteiger partial charge in [-0.3, -0.25) is 4.98 Å². The Morgan fingerprint density at radius 3 is 2.66 bits per heavy atom. The molecule has 1 fully saturated rings. The molecule has 5 rings (SSSR count). The molecule has 0 bridgehead atoms. The fraction of sp³-hybridized carbons (Fsp3) is 0.333. The van der Waals surface area contributed by atoms with Crippen LogP contribution in [0.15, 0.2) is 49.2 Å². The fourth-order valence-corrected chi connectivity index (χ4v) is 4.83. The van der Waals surface area contributed by atoms with Gasteiger partial charge in [0.15, 0.2) is 11.3 Å². The van der Waals surface area contributed by atoms with E-state index < -0.39 is 5.60 Å². The van der Waals surface area contributed by atoms with E-state index >= 15 is 0 Å². The second-order valence-electron chi connectivity index (χ2n) is 10.1. The van der Waals surface area contributed by atoms with Gasteiger partial charge in [-0.15, -0.1) is 0 Å². The Balaban J connectivity index is 1.63. The molecule has 38 heavy (non-hydrogen) atoms. The molecule has 1 aliphatic rings. The monoisotopic (exact) mass is 530 g/mol. The van der Waals surface area contributed by atoms with E-state index in [2.05, 4.69) is 30.9 Å². The molecule has 3 aromatic heterocycles. The van der Waals surface area contributed by atoms with E-state index in [1.807, 2.05) is 56.7 Å². The number of rotatable bonds is 3. The number of amides is 1. The number of ether oxygens (including phenoxy) is 1. The average molecular weight is 531 g/mol. The van der Waals surface area contributed by atoms with Crippen LogP contribution in [-0.2, 0) is 4.74 Å². The number of anilines is 1. The van der Waals surface area contributed by atoms with Crippen molar-refractivity contribution in [3.05, 3.63) is 59.9 Å². The van der Waals surface area contributed by atoms with Crippen LogP contribution in [0.25, 0.3) is 28.0 Å². The van der Waals surface area contributed by atoms with Crippen LogP contribution in [0.5, 0.6) is 0 Å². The lowest BCUT2D eigenvalue weighted by molar-refractivity contribution is 0.0218. The molecule has 0 N–H and O–H groups in total. The van der Waals surface area contributed by atoms with Crippen molar-refractivity contribution in [1.82, 2.24) is 29.4 Å². The number of nitrogens with zero attached hydrogens (tertiary/aromatic N) is 8. The summed E-state index contributed by atoms with van der Waals surface area (Å²) in [5.41, 5.74) is 2.21. The zero-order valence-electron chi connectivity index (χ0n) is 21.6. The molecule has 11 heteroatoms. The Bertz CT molecular complexity index is 1550. The summed E-state index contributed by atoms with van der Waals surface area (Å²) >= 11 is 6.31. The van der Waals surface area contributed by atoms with Crippen molar-refractivity contribution in [3.8, 4) is 23.0 Å². The smallest absolute Gasteiger partial charge is 0.410 e. The third kappa shape index (κ3) is 4.85. The molecular formula is C27H27ClN8O2. The van der Waals surface area contributed by atoms with Gasteiger partial charge in [0.2, 0.25) is 0 Å². The largest absolute Gasteiger partial charge is 0.444 e. The van der Waals surface area contributed by atoms with Crippen molar-refractivity contribution >= 4 is 34.5 Å². The number of aromatic nitrogens is 5. The van der Waals surface area contributed by atoms with Gasteiger partial charge in [0.05, 0.1) is 5.39 Å². The summed E-state index contributed by atoms with van der Waals surface area (Å²) in [6, 6.07) is 9.53. The van der Waals surface area contributed by atoms with Crippen molar-refractivity contribution in [2.75, 3.05) is 24.5 Å². The predicted molar refractivity (Wildman–Crippen MR) is 144 cm³/mol. The Hall–Kier alpha value is -4.23. The number of fused-ring (bicyclic) bond motifs is 1. The van der Waals surface area contributed by atoms with Crippen LogP contribution in [0.3, 0.4) is 0 Å². The van der Waals surface area contributed by atoms with Crippen molar-refractivity contribution in [3.63, 3.8) is 0 Å². The highest BCUT2D eigenvalue weighted by Crippen LogP contribution is 2.38. The standard InChI is InChI=1S/C27H27ClN8O2/c1-17-14-34(26(37)38-27(2,3)4)10-11-35(17)24-22-20(23-21(13-29)30-8-9-31-23)15-36(25(22)33-16-32-24)19-7-5-6-18(28)12-19/h5-9,12,15-17H,10-11,14H2,1-4H3/t17-/m0/s1. The lowest BCUT2D eigenvalue weighted by Gasteiger charge is -2.41. The van der Waals surface area contributed by atoms with E-state index in [1.54, 1.807) is 17.2 Å². The van der Waals surface area contributed by atoms with Crippen LogP contribution in [0.2, 0.25) is 5.02 Å². The zero-order chi connectivity index (χ0) is 27.0. The van der Waals surface area contributed by atoms with E-state index in [0.717, 1.165) is 11.1 Å². The van der Waals surface area contributed by atoms with Gasteiger partial charge >= 0.3 is 6.09 Å². The van der Waals surface area contributed by atoms with Crippen LogP contribution in [-0.4, -0.2) is 66.8 Å². The summed E-state index contributed by atoms with van der Waals surface area (Å²) in [6.45, 7) is 9.10. The molecule has 1 saturated heterocycles. The highest BCUT2D eigenvalue weighted by Gasteiger charge is 2.32. The zero-order valence-corrected chi connectivity index (χ0v) is 22.3. The van der Waals surface area contributed by atoms with Gasteiger partial charge in [0.1, 0.15) is 29.5 Å². The quantitative estimate of drug-likeness (QED) is 0.369. The molecule has 0 spiro atoms. The molecule has 4 aromatic rings. The van der Waals surface area contributed by atoms with E-state index in [1.165, 1.54) is 12.5 Å². The van der Waals surface area contributed by atoms with E-state index in [4.69, 9.17) is 16.3 Å². The van der Waals surface area contributed by atoms with E-state index in [-0.39, 0.29) is 17.8 Å². The van der Waals surface area contributed by atoms with Crippen LogP contribution >= 0.6 is 11.6 Å². The second-order valence-corrected chi connectivity index (χ2v) is 10.6. The number of hydrogen-bond donors (Lipinski definition) is 0. The first-order valence-electron chi connectivity index (χ1n) is 12.2. The van der Waals surface area contributed by atoms with Crippen molar-refractivity contribution in [2.24, 2.45) is 0 Å². The summed E-state index contributed by atoms with van der Waals surface area (Å²) in [4.78, 5) is 34.6. The van der Waals surface area contributed by atoms with E-state index in [0.29, 0.717) is 47.4 Å². The van der Waals surface area contributed by atoms with E-state index in [9.17, 15) is 10.1 Å². The molecule has 1 aliphatic heterocycles. The molecule has 194 valence electrons. The number of carbonyl (C=O) groups is 1. The first-order chi connectivity index (χ1) is 18.2. The molecule has 1 amide bonds. The lowest BCUT2D eigenvalue weighted by atomic mass is 10.1. The maximum absolute atomic E-state index is 12.7. The summed E-state index contributed by atoms with van der Waals surface area (Å²) < 4.78 is 7.50. The second kappa shape index (κ2) is 9.91. The number of carbonyl (C=O) groups excluding carboxylic acids is 1. The lowest BCUT2D eigenvalue weighted by Crippen LogP contribution is -2.54. The van der Waals surface area contributed by atoms with Crippen molar-refractivity contribution in [1.29, 1.82) is 5.26 Å². The molecule has 1 aromatic carbocycles. The average Bonchev–Trinajstić information content (AvgIpc) is 3.27. The molecule has 4 heterocycles. The number of hydrogen-bond acceptors (Lipinski definition) is 8. The topological polar surface area (TPSA) is 113 Å². The summed E-state index contributed by atoms with van der Waals surface area (Å²) in [5, 5.41) is 11.1. The normalized spacial score (nSPS) is 15.9. The van der Waals surface area contributed by atoms with Crippen LogP contribution in [0, 0.1) is 11.3 Å². The van der Waals surface area contributed by atoms with Crippen molar-refractivity contribution < 1.29 is 9.53 Å². The highest BCUT2D eigenvalue weighted by atomic mass is 35.5. The third-order valence-corrected chi connectivity index (χ3v) is 6.49. The van der Waals surface area contributed by atoms with Gasteiger partial charge < -0.3 is 19.1 Å². The minimum Gasteiger partial charge on any atom is -0.444 e. The maximum Gasteiger partial charge on any atom is 0.410 e. The SMILES string of the molecule is C[C@H]1CN(C(=O)OC(C)(C)C)CCN1c1ncnc2c1c(-c1nccnc1C#N)cn2-c1cccc(Cl)c1. The Morgan fingerprint density at radius 2 is 1.95 bits per heavy atom. The van der Waals surface area contributed by atoms with Gasteiger partial charge in [0.25, 0.3) is 0 Å². The Kier molecular flexibility index (Phi) is 6.63. The molecule has 0 saturated carbocycles. The number of halogens is 1. The Labute approximate surface area is 225 Å². The van der Waals surface area contributed by atoms with Crippen LogP contribution in [0.1, 0.15) is 33.4 Å². The highest BCUT2D eigenvalue weighted by molar-refractivity contribution is 6.30. The first kappa shape index (κ1) is 25.4. The van der Waals surface area contributed by atoms with Gasteiger partial charge in [-0.05, 0) is 45.9 Å². The minimum atomic E-state index is -0.566. The molecule has 0 unspecified atom stereocenters. The van der Waals surface area contributed by atoms with Gasteiger partial charge in [-0.2, -0.15) is 5.26 Å². The minimum absolute atomic E-state index is 0.0611. The summed E-state index contributed by atoms with van der Waals surface area (Å²) in [7, 11) is 0.